The average molecular weight is 565 g/mol. The van der Waals surface area contributed by atoms with Gasteiger partial charge in [-0.25, -0.2) is 0 Å². The summed E-state index contributed by atoms with van der Waals surface area (Å²) >= 11 is 0. The normalized spacial score (nSPS) is 15.6. The molecule has 2 aromatic carbocycles. The van der Waals surface area contributed by atoms with Gasteiger partial charge in [-0.05, 0) is 75.4 Å². The third-order valence-electron chi connectivity index (χ3n) is 6.55. The molecule has 0 aliphatic carbocycles. The Bertz CT molecular complexity index is 1350. The number of carbonyl (C=O) groups is 2. The van der Waals surface area contributed by atoms with Gasteiger partial charge in [-0.3, -0.25) is 24.6 Å². The van der Waals surface area contributed by atoms with E-state index in [1.807, 2.05) is 7.05 Å². The Morgan fingerprint density at radius 3 is 2.38 bits per heavy atom. The fourth-order valence-electron chi connectivity index (χ4n) is 4.50. The van der Waals surface area contributed by atoms with Crippen molar-refractivity contribution >= 4 is 44.9 Å². The molecule has 2 heterocycles. The molecule has 39 heavy (non-hydrogen) atoms. The Morgan fingerprint density at radius 2 is 1.74 bits per heavy atom. The first-order valence-electron chi connectivity index (χ1n) is 12.4. The maximum absolute atomic E-state index is 13.5. The zero-order valence-corrected chi connectivity index (χ0v) is 22.4. The number of alkyl halides is 3. The molecule has 13 heteroatoms. The molecular weight excluding hydrogens is 533 g/mol. The summed E-state index contributed by atoms with van der Waals surface area (Å²) in [4.78, 5) is 28.1. The van der Waals surface area contributed by atoms with Crippen molar-refractivity contribution < 1.29 is 27.0 Å². The zero-order valence-electron chi connectivity index (χ0n) is 21.6. The summed E-state index contributed by atoms with van der Waals surface area (Å²) in [5.41, 5.74) is 5.75. The highest BCUT2D eigenvalue weighted by Gasteiger charge is 2.31. The molecule has 9 nitrogen and oxygen atoms in total. The van der Waals surface area contributed by atoms with Crippen molar-refractivity contribution in [1.29, 1.82) is 0 Å². The zero-order chi connectivity index (χ0) is 28.2. The van der Waals surface area contributed by atoms with Crippen LogP contribution in [0, 0.1) is 0 Å². The van der Waals surface area contributed by atoms with E-state index in [0.29, 0.717) is 21.7 Å². The van der Waals surface area contributed by atoms with Crippen LogP contribution in [0.1, 0.15) is 23.3 Å². The van der Waals surface area contributed by atoms with Gasteiger partial charge >= 0.3 is 6.18 Å². The molecule has 1 aliphatic heterocycles. The van der Waals surface area contributed by atoms with Crippen LogP contribution in [0.4, 0.5) is 24.5 Å². The van der Waals surface area contributed by atoms with Crippen LogP contribution in [0.3, 0.4) is 0 Å². The lowest BCUT2D eigenvalue weighted by atomic mass is 10.0. The van der Waals surface area contributed by atoms with E-state index < -0.39 is 35.3 Å². The molecule has 1 aromatic heterocycles. The molecular formula is C26H31F3N6O3S. The van der Waals surface area contributed by atoms with Crippen molar-refractivity contribution in [3.8, 4) is 0 Å². The number of nitrogens with one attached hydrogen (secondary N) is 4. The Labute approximate surface area is 226 Å². The molecule has 210 valence electrons. The highest BCUT2D eigenvalue weighted by molar-refractivity contribution is 7.84. The number of piperidine rings is 1. The topological polar surface area (TPSA) is 108 Å². The van der Waals surface area contributed by atoms with Crippen LogP contribution in [0.15, 0.2) is 53.4 Å². The number of anilines is 2. The number of amides is 2. The van der Waals surface area contributed by atoms with Crippen LogP contribution >= 0.6 is 0 Å². The van der Waals surface area contributed by atoms with Crippen LogP contribution < -0.4 is 21.5 Å². The Morgan fingerprint density at radius 1 is 1.05 bits per heavy atom. The molecule has 1 saturated heterocycles. The maximum atomic E-state index is 13.5. The first kappa shape index (κ1) is 28.4. The predicted molar refractivity (Wildman–Crippen MR) is 145 cm³/mol. The third kappa shape index (κ3) is 7.51. The first-order chi connectivity index (χ1) is 18.5. The third-order valence-corrected chi connectivity index (χ3v) is 7.48. The minimum atomic E-state index is -4.56. The summed E-state index contributed by atoms with van der Waals surface area (Å²) in [6.07, 6.45) is -1.22. The fraction of sp³-hybridized carbons (Fsp3) is 0.385. The highest BCUT2D eigenvalue weighted by atomic mass is 32.2. The Hall–Kier alpha value is -3.58. The second kappa shape index (κ2) is 12.1. The molecule has 1 atom stereocenters. The summed E-state index contributed by atoms with van der Waals surface area (Å²) in [7, 11) is 0.914. The Kier molecular flexibility index (Phi) is 8.80. The van der Waals surface area contributed by atoms with E-state index >= 15 is 0 Å². The van der Waals surface area contributed by atoms with E-state index in [9.17, 15) is 27.0 Å². The van der Waals surface area contributed by atoms with Gasteiger partial charge in [0.1, 0.15) is 12.2 Å². The predicted octanol–water partition coefficient (Wildman–Crippen LogP) is 3.32. The van der Waals surface area contributed by atoms with Crippen LogP contribution in [0.2, 0.25) is 0 Å². The number of carbonyl (C=O) groups excluding carboxylic acids is 2. The van der Waals surface area contributed by atoms with Gasteiger partial charge in [-0.2, -0.15) is 13.2 Å². The molecule has 0 spiro atoms. The Balaban J connectivity index is 1.46. The number of hydrogen-bond acceptors (Lipinski definition) is 6. The molecule has 1 aliphatic rings. The summed E-state index contributed by atoms with van der Waals surface area (Å²) in [6, 6.07) is 13.2. The molecule has 4 N–H and O–H groups in total. The molecule has 3 aromatic rings. The van der Waals surface area contributed by atoms with Gasteiger partial charge < -0.3 is 20.1 Å². The number of hydrazine groups is 1. The number of rotatable bonds is 8. The van der Waals surface area contributed by atoms with Gasteiger partial charge in [-0.1, -0.05) is 6.07 Å². The number of halogens is 3. The summed E-state index contributed by atoms with van der Waals surface area (Å²) < 4.78 is 52.8. The second-order valence-electron chi connectivity index (χ2n) is 9.53. The lowest BCUT2D eigenvalue weighted by Crippen LogP contribution is -2.44. The van der Waals surface area contributed by atoms with Gasteiger partial charge in [0.25, 0.3) is 11.8 Å². The van der Waals surface area contributed by atoms with E-state index in [4.69, 9.17) is 0 Å². The fourth-order valence-corrected chi connectivity index (χ4v) is 5.02. The van der Waals surface area contributed by atoms with Crippen LogP contribution in [-0.2, 0) is 22.1 Å². The van der Waals surface area contributed by atoms with E-state index in [2.05, 4.69) is 26.4 Å². The van der Waals surface area contributed by atoms with Crippen LogP contribution in [0.5, 0.6) is 0 Å². The number of fused-ring (bicyclic) bond motifs is 1. The number of nitrogens with zero attached hydrogens (tertiary/aromatic N) is 2. The SMILES string of the molecule is CN1CCC(Nc2cccc3c2cc(C(=O)NNC(=O)CNc2ccc(S(C)=O)cc2)n3CC(F)(F)F)CC1. The number of aromatic nitrogens is 1. The van der Waals surface area contributed by atoms with Gasteiger partial charge in [0.15, 0.2) is 0 Å². The largest absolute Gasteiger partial charge is 0.406 e. The quantitative estimate of drug-likeness (QED) is 0.313. The average Bonchev–Trinajstić information content (AvgIpc) is 3.25. The molecule has 1 unspecified atom stereocenters. The lowest BCUT2D eigenvalue weighted by molar-refractivity contribution is -0.140. The minimum Gasteiger partial charge on any atom is -0.382 e. The van der Waals surface area contributed by atoms with Gasteiger partial charge in [0, 0.05) is 44.8 Å². The minimum absolute atomic E-state index is 0.169. The van der Waals surface area contributed by atoms with Crippen molar-refractivity contribution in [2.24, 2.45) is 0 Å². The van der Waals surface area contributed by atoms with Crippen LogP contribution in [0.25, 0.3) is 10.9 Å². The van der Waals surface area contributed by atoms with Crippen LogP contribution in [-0.4, -0.2) is 70.6 Å². The van der Waals surface area contributed by atoms with Crippen molar-refractivity contribution in [2.75, 3.05) is 43.6 Å². The monoisotopic (exact) mass is 564 g/mol. The van der Waals surface area contributed by atoms with Gasteiger partial charge in [-0.15, -0.1) is 0 Å². The number of likely N-dealkylation sites (tertiary alicyclic amines) is 1. The van der Waals surface area contributed by atoms with Crippen molar-refractivity contribution in [3.05, 3.63) is 54.2 Å². The summed E-state index contributed by atoms with van der Waals surface area (Å²) in [6.45, 7) is 0.266. The standard InChI is InChI=1S/C26H31F3N6O3S/c1-34-12-10-18(11-13-34)31-21-4-3-5-22-20(21)14-23(35(22)16-26(27,28)29)25(37)33-32-24(36)15-30-17-6-8-19(9-7-17)39(2)38/h3-9,14,18,30-31H,10-13,15-16H2,1-2H3,(H,32,36)(H,33,37). The number of benzene rings is 2. The van der Waals surface area contributed by atoms with E-state index in [1.165, 1.54) is 6.07 Å². The van der Waals surface area contributed by atoms with E-state index in [-0.39, 0.29) is 23.8 Å². The molecule has 4 rings (SSSR count). The maximum Gasteiger partial charge on any atom is 0.406 e. The van der Waals surface area contributed by atoms with E-state index in [1.54, 1.807) is 48.7 Å². The smallest absolute Gasteiger partial charge is 0.382 e. The summed E-state index contributed by atoms with van der Waals surface area (Å²) in [5.74, 6) is -1.47. The number of hydrogen-bond donors (Lipinski definition) is 4. The van der Waals surface area contributed by atoms with Crippen molar-refractivity contribution in [3.63, 3.8) is 0 Å². The lowest BCUT2D eigenvalue weighted by Gasteiger charge is -2.30. The summed E-state index contributed by atoms with van der Waals surface area (Å²) in [5, 5.41) is 6.79. The molecule has 2 amide bonds. The van der Waals surface area contributed by atoms with Gasteiger partial charge in [0.05, 0.1) is 12.1 Å². The van der Waals surface area contributed by atoms with Crippen molar-refractivity contribution in [1.82, 2.24) is 20.3 Å². The molecule has 1 fully saturated rings. The van der Waals surface area contributed by atoms with Gasteiger partial charge in [0.2, 0.25) is 0 Å². The molecule has 0 radical (unpaired) electrons. The van der Waals surface area contributed by atoms with Crippen molar-refractivity contribution in [2.45, 2.75) is 36.5 Å². The highest BCUT2D eigenvalue weighted by Crippen LogP contribution is 2.31. The molecule has 0 saturated carbocycles. The second-order valence-corrected chi connectivity index (χ2v) is 10.9. The first-order valence-corrected chi connectivity index (χ1v) is 14.0. The van der Waals surface area contributed by atoms with E-state index in [0.717, 1.165) is 30.5 Å². The molecule has 0 bridgehead atoms.